The Morgan fingerprint density at radius 2 is 1.62 bits per heavy atom. The van der Waals surface area contributed by atoms with Crippen molar-refractivity contribution in [3.8, 4) is 0 Å². The van der Waals surface area contributed by atoms with Crippen molar-refractivity contribution in [2.24, 2.45) is 0 Å². The molecule has 0 amide bonds. The highest BCUT2D eigenvalue weighted by atomic mass is 32.2. The van der Waals surface area contributed by atoms with Gasteiger partial charge < -0.3 is 10.2 Å². The lowest BCUT2D eigenvalue weighted by Crippen LogP contribution is -2.35. The van der Waals surface area contributed by atoms with E-state index in [1.54, 1.807) is 0 Å². The Morgan fingerprint density at radius 1 is 1.15 bits per heavy atom. The van der Waals surface area contributed by atoms with E-state index in [1.165, 1.54) is 0 Å². The zero-order valence-electron chi connectivity index (χ0n) is 7.38. The second kappa shape index (κ2) is 3.91. The van der Waals surface area contributed by atoms with Gasteiger partial charge in [0, 0.05) is 12.8 Å². The van der Waals surface area contributed by atoms with Crippen molar-refractivity contribution in [2.45, 2.75) is 37.6 Å². The maximum atomic E-state index is 10.7. The summed E-state index contributed by atoms with van der Waals surface area (Å²) in [5, 5.41) is 18.4. The van der Waals surface area contributed by atoms with Gasteiger partial charge in [-0.1, -0.05) is 0 Å². The molecule has 0 aliphatic heterocycles. The fourth-order valence-electron chi connectivity index (χ4n) is 1.54. The molecule has 5 nitrogen and oxygen atoms in total. The number of hydrogen-bond acceptors (Lipinski definition) is 5. The molecule has 0 spiro atoms. The summed E-state index contributed by atoms with van der Waals surface area (Å²) in [6, 6.07) is 0. The molecule has 1 saturated carbocycles. The predicted octanol–water partition coefficient (Wildman–Crippen LogP) is -0.763. The normalized spacial score (nSPS) is 36.1. The average Bonchev–Trinajstić information content (AvgIpc) is 1.78. The van der Waals surface area contributed by atoms with E-state index in [1.807, 2.05) is 0 Å². The van der Waals surface area contributed by atoms with E-state index in [4.69, 9.17) is 0 Å². The molecule has 2 N–H and O–H groups in total. The molecule has 2 atom stereocenters. The van der Waals surface area contributed by atoms with Gasteiger partial charge in [-0.2, -0.15) is 8.42 Å². The Hall–Kier alpha value is -0.170. The lowest BCUT2D eigenvalue weighted by atomic mass is 9.93. The zero-order valence-corrected chi connectivity index (χ0v) is 8.20. The minimum absolute atomic E-state index is 0.268. The van der Waals surface area contributed by atoms with Crippen molar-refractivity contribution in [3.05, 3.63) is 0 Å². The summed E-state index contributed by atoms with van der Waals surface area (Å²) in [7, 11) is -3.49. The summed E-state index contributed by atoms with van der Waals surface area (Å²) >= 11 is 0. The molecule has 6 heteroatoms. The first-order valence-corrected chi connectivity index (χ1v) is 5.93. The van der Waals surface area contributed by atoms with Gasteiger partial charge in [0.25, 0.3) is 10.1 Å². The van der Waals surface area contributed by atoms with Crippen LogP contribution < -0.4 is 0 Å². The minimum atomic E-state index is -3.49. The predicted molar refractivity (Wildman–Crippen MR) is 45.6 cm³/mol. The van der Waals surface area contributed by atoms with Crippen LogP contribution in [0.1, 0.15) is 19.3 Å². The molecule has 0 aromatic heterocycles. The molecule has 1 aliphatic carbocycles. The van der Waals surface area contributed by atoms with Gasteiger partial charge in [0.15, 0.2) is 0 Å². The van der Waals surface area contributed by atoms with E-state index in [0.717, 1.165) is 6.26 Å². The van der Waals surface area contributed by atoms with Gasteiger partial charge in [0.2, 0.25) is 0 Å². The third-order valence-electron chi connectivity index (χ3n) is 1.92. The molecule has 0 radical (unpaired) electrons. The Balaban J connectivity index is 2.51. The Bertz CT molecular complexity index is 250. The summed E-state index contributed by atoms with van der Waals surface area (Å²) in [5.74, 6) is 0. The van der Waals surface area contributed by atoms with Crippen molar-refractivity contribution < 1.29 is 22.8 Å². The molecule has 1 rings (SSSR count). The van der Waals surface area contributed by atoms with Crippen LogP contribution in [0.15, 0.2) is 0 Å². The molecule has 78 valence electrons. The fraction of sp³-hybridized carbons (Fsp3) is 1.00. The standard InChI is InChI=1S/C7H14O5S/c1-13(10,11)12-7-3-5(8)2-6(9)4-7/h5-9H,2-4H2,1H3. The minimum Gasteiger partial charge on any atom is -0.393 e. The third-order valence-corrected chi connectivity index (χ3v) is 2.55. The van der Waals surface area contributed by atoms with Crippen molar-refractivity contribution in [1.29, 1.82) is 0 Å². The van der Waals surface area contributed by atoms with Crippen LogP contribution in [-0.4, -0.2) is 43.2 Å². The van der Waals surface area contributed by atoms with E-state index < -0.39 is 28.4 Å². The molecular formula is C7H14O5S. The van der Waals surface area contributed by atoms with Crippen LogP contribution in [0.3, 0.4) is 0 Å². The maximum absolute atomic E-state index is 10.7. The first kappa shape index (κ1) is 10.9. The topological polar surface area (TPSA) is 83.8 Å². The second-order valence-corrected chi connectivity index (χ2v) is 5.04. The van der Waals surface area contributed by atoms with Gasteiger partial charge in [-0.25, -0.2) is 0 Å². The highest BCUT2D eigenvalue weighted by Gasteiger charge is 2.29. The second-order valence-electron chi connectivity index (χ2n) is 3.44. The monoisotopic (exact) mass is 210 g/mol. The van der Waals surface area contributed by atoms with Crippen molar-refractivity contribution in [3.63, 3.8) is 0 Å². The van der Waals surface area contributed by atoms with E-state index >= 15 is 0 Å². The van der Waals surface area contributed by atoms with Gasteiger partial charge in [-0.15, -0.1) is 0 Å². The maximum Gasteiger partial charge on any atom is 0.264 e. The number of rotatable bonds is 2. The summed E-state index contributed by atoms with van der Waals surface area (Å²) in [6.07, 6.45) is -0.141. The van der Waals surface area contributed by atoms with Gasteiger partial charge >= 0.3 is 0 Å². The average molecular weight is 210 g/mol. The molecule has 2 unspecified atom stereocenters. The van der Waals surface area contributed by atoms with Gasteiger partial charge in [-0.3, -0.25) is 4.18 Å². The first-order valence-electron chi connectivity index (χ1n) is 4.11. The van der Waals surface area contributed by atoms with E-state index in [0.29, 0.717) is 6.42 Å². The molecule has 0 heterocycles. The van der Waals surface area contributed by atoms with E-state index in [2.05, 4.69) is 4.18 Å². The summed E-state index contributed by atoms with van der Waals surface area (Å²) in [5.41, 5.74) is 0. The lowest BCUT2D eigenvalue weighted by molar-refractivity contribution is -0.0129. The van der Waals surface area contributed by atoms with Crippen molar-refractivity contribution in [2.75, 3.05) is 6.26 Å². The van der Waals surface area contributed by atoms with Gasteiger partial charge in [0.05, 0.1) is 24.6 Å². The van der Waals surface area contributed by atoms with Gasteiger partial charge in [0.1, 0.15) is 0 Å². The van der Waals surface area contributed by atoms with Crippen molar-refractivity contribution >= 4 is 10.1 Å². The quantitative estimate of drug-likeness (QED) is 0.585. The summed E-state index contributed by atoms with van der Waals surface area (Å²) in [6.45, 7) is 0. The number of aliphatic hydroxyl groups is 2. The van der Waals surface area contributed by atoms with Crippen LogP contribution in [0.2, 0.25) is 0 Å². The Kier molecular flexibility index (Phi) is 3.28. The van der Waals surface area contributed by atoms with E-state index in [9.17, 15) is 18.6 Å². The molecule has 1 aliphatic rings. The van der Waals surface area contributed by atoms with Crippen LogP contribution in [0.25, 0.3) is 0 Å². The largest absolute Gasteiger partial charge is 0.393 e. The molecule has 1 fully saturated rings. The summed E-state index contributed by atoms with van der Waals surface area (Å²) in [4.78, 5) is 0. The lowest BCUT2D eigenvalue weighted by Gasteiger charge is -2.28. The number of aliphatic hydroxyl groups excluding tert-OH is 2. The van der Waals surface area contributed by atoms with Crippen LogP contribution in [-0.2, 0) is 14.3 Å². The van der Waals surface area contributed by atoms with E-state index in [-0.39, 0.29) is 12.8 Å². The molecule has 0 aromatic carbocycles. The van der Waals surface area contributed by atoms with Gasteiger partial charge in [-0.05, 0) is 6.42 Å². The molecular weight excluding hydrogens is 196 g/mol. The summed E-state index contributed by atoms with van der Waals surface area (Å²) < 4.78 is 26.1. The Labute approximate surface area is 77.5 Å². The van der Waals surface area contributed by atoms with Crippen LogP contribution in [0, 0.1) is 0 Å². The third kappa shape index (κ3) is 4.04. The molecule has 13 heavy (non-hydrogen) atoms. The SMILES string of the molecule is CS(=O)(=O)OC1CC(O)CC(O)C1. The van der Waals surface area contributed by atoms with Crippen LogP contribution >= 0.6 is 0 Å². The molecule has 0 saturated heterocycles. The van der Waals surface area contributed by atoms with Crippen LogP contribution in [0.5, 0.6) is 0 Å². The highest BCUT2D eigenvalue weighted by Crippen LogP contribution is 2.22. The number of hydrogen-bond donors (Lipinski definition) is 2. The first-order chi connectivity index (χ1) is 5.87. The van der Waals surface area contributed by atoms with Crippen LogP contribution in [0.4, 0.5) is 0 Å². The highest BCUT2D eigenvalue weighted by molar-refractivity contribution is 7.86. The Morgan fingerprint density at radius 3 is 2.00 bits per heavy atom. The zero-order chi connectivity index (χ0) is 10.1. The molecule has 0 bridgehead atoms. The smallest absolute Gasteiger partial charge is 0.264 e. The fourth-order valence-corrected chi connectivity index (χ4v) is 2.19. The van der Waals surface area contributed by atoms with Crippen molar-refractivity contribution in [1.82, 2.24) is 0 Å². The molecule has 0 aromatic rings.